The zero-order valence-electron chi connectivity index (χ0n) is 14.8. The van der Waals surface area contributed by atoms with Crippen molar-refractivity contribution in [3.63, 3.8) is 0 Å². The summed E-state index contributed by atoms with van der Waals surface area (Å²) in [5.74, 6) is -1.92. The SMILES string of the molecule is O=C(C1CC1)N1CCN(Cc2nc3ccccc3[nH]2)CC1.O=C(O)C(=O)O. The molecule has 27 heavy (non-hydrogen) atoms. The van der Waals surface area contributed by atoms with E-state index in [0.717, 1.165) is 62.4 Å². The minimum absolute atomic E-state index is 0.340. The number of piperazine rings is 1. The van der Waals surface area contributed by atoms with Gasteiger partial charge in [0.05, 0.1) is 17.6 Å². The first-order valence-corrected chi connectivity index (χ1v) is 8.85. The molecule has 9 nitrogen and oxygen atoms in total. The van der Waals surface area contributed by atoms with Crippen LogP contribution in [0, 0.1) is 5.92 Å². The van der Waals surface area contributed by atoms with Gasteiger partial charge in [-0.2, -0.15) is 0 Å². The van der Waals surface area contributed by atoms with Crippen LogP contribution in [0.5, 0.6) is 0 Å². The van der Waals surface area contributed by atoms with Gasteiger partial charge in [-0.15, -0.1) is 0 Å². The van der Waals surface area contributed by atoms with Crippen molar-refractivity contribution in [2.45, 2.75) is 19.4 Å². The lowest BCUT2D eigenvalue weighted by Gasteiger charge is -2.34. The molecule has 9 heteroatoms. The summed E-state index contributed by atoms with van der Waals surface area (Å²) >= 11 is 0. The Morgan fingerprint density at radius 2 is 1.67 bits per heavy atom. The summed E-state index contributed by atoms with van der Waals surface area (Å²) in [6.07, 6.45) is 2.19. The van der Waals surface area contributed by atoms with E-state index in [1.54, 1.807) is 0 Å². The molecule has 0 atom stereocenters. The minimum atomic E-state index is -1.82. The molecule has 2 aliphatic rings. The smallest absolute Gasteiger partial charge is 0.414 e. The number of rotatable bonds is 3. The molecule has 4 rings (SSSR count). The van der Waals surface area contributed by atoms with Crippen LogP contribution in [0.15, 0.2) is 24.3 Å². The molecule has 3 N–H and O–H groups in total. The predicted molar refractivity (Wildman–Crippen MR) is 95.9 cm³/mol. The molecule has 1 aliphatic heterocycles. The lowest BCUT2D eigenvalue weighted by molar-refractivity contribution is -0.159. The van der Waals surface area contributed by atoms with Crippen molar-refractivity contribution < 1.29 is 24.6 Å². The molecule has 1 saturated heterocycles. The fraction of sp³-hybridized carbons (Fsp3) is 0.444. The maximum Gasteiger partial charge on any atom is 0.414 e. The van der Waals surface area contributed by atoms with Gasteiger partial charge in [0.2, 0.25) is 5.91 Å². The van der Waals surface area contributed by atoms with E-state index in [9.17, 15) is 4.79 Å². The van der Waals surface area contributed by atoms with E-state index in [0.29, 0.717) is 11.8 Å². The van der Waals surface area contributed by atoms with Crippen LogP contribution in [-0.4, -0.2) is 74.0 Å². The summed E-state index contributed by atoms with van der Waals surface area (Å²) in [6, 6.07) is 8.11. The Morgan fingerprint density at radius 3 is 2.22 bits per heavy atom. The summed E-state index contributed by atoms with van der Waals surface area (Å²) < 4.78 is 0. The monoisotopic (exact) mass is 374 g/mol. The van der Waals surface area contributed by atoms with E-state index in [1.165, 1.54) is 0 Å². The zero-order valence-corrected chi connectivity index (χ0v) is 14.8. The highest BCUT2D eigenvalue weighted by atomic mass is 16.4. The number of H-pyrrole nitrogens is 1. The van der Waals surface area contributed by atoms with Crippen molar-refractivity contribution in [2.24, 2.45) is 5.92 Å². The molecule has 2 heterocycles. The van der Waals surface area contributed by atoms with Crippen molar-refractivity contribution in [1.82, 2.24) is 19.8 Å². The molecule has 144 valence electrons. The Labute approximate surface area is 155 Å². The van der Waals surface area contributed by atoms with Crippen molar-refractivity contribution in [3.05, 3.63) is 30.1 Å². The number of carbonyl (C=O) groups excluding carboxylic acids is 1. The Morgan fingerprint density at radius 1 is 1.04 bits per heavy atom. The summed E-state index contributed by atoms with van der Waals surface area (Å²) in [5, 5.41) is 14.8. The first-order chi connectivity index (χ1) is 12.9. The summed E-state index contributed by atoms with van der Waals surface area (Å²) in [5.41, 5.74) is 2.12. The van der Waals surface area contributed by atoms with Crippen LogP contribution in [0.1, 0.15) is 18.7 Å². The number of imidazole rings is 1. The lowest BCUT2D eigenvalue weighted by atomic mass is 10.2. The third-order valence-electron chi connectivity index (χ3n) is 4.61. The second-order valence-electron chi connectivity index (χ2n) is 6.69. The van der Waals surface area contributed by atoms with Gasteiger partial charge in [-0.1, -0.05) is 12.1 Å². The molecular weight excluding hydrogens is 352 g/mol. The Balaban J connectivity index is 0.000000307. The van der Waals surface area contributed by atoms with Crippen LogP contribution in [0.25, 0.3) is 11.0 Å². The molecular formula is C18H22N4O5. The van der Waals surface area contributed by atoms with Gasteiger partial charge in [0, 0.05) is 32.1 Å². The number of nitrogens with zero attached hydrogens (tertiary/aromatic N) is 3. The van der Waals surface area contributed by atoms with Gasteiger partial charge >= 0.3 is 11.9 Å². The maximum absolute atomic E-state index is 12.0. The first-order valence-electron chi connectivity index (χ1n) is 8.85. The van der Waals surface area contributed by atoms with Crippen LogP contribution < -0.4 is 0 Å². The number of carboxylic acid groups (broad SMARTS) is 2. The number of amides is 1. The molecule has 1 aliphatic carbocycles. The summed E-state index contributed by atoms with van der Waals surface area (Å²) in [6.45, 7) is 4.43. The van der Waals surface area contributed by atoms with Gasteiger partial charge in [-0.25, -0.2) is 14.6 Å². The highest BCUT2D eigenvalue weighted by molar-refractivity contribution is 6.27. The van der Waals surface area contributed by atoms with E-state index in [-0.39, 0.29) is 0 Å². The van der Waals surface area contributed by atoms with Crippen molar-refractivity contribution in [2.75, 3.05) is 26.2 Å². The fourth-order valence-corrected chi connectivity index (χ4v) is 3.01. The number of fused-ring (bicyclic) bond motifs is 1. The first kappa shape index (κ1) is 18.8. The molecule has 1 aromatic heterocycles. The number of nitrogens with one attached hydrogen (secondary N) is 1. The maximum atomic E-state index is 12.0. The molecule has 2 fully saturated rings. The van der Waals surface area contributed by atoms with Crippen LogP contribution in [0.3, 0.4) is 0 Å². The Hall–Kier alpha value is -2.94. The highest BCUT2D eigenvalue weighted by Crippen LogP contribution is 2.31. The van der Waals surface area contributed by atoms with Gasteiger partial charge in [-0.05, 0) is 25.0 Å². The normalized spacial score (nSPS) is 17.3. The molecule has 1 amide bonds. The van der Waals surface area contributed by atoms with Gasteiger partial charge in [0.15, 0.2) is 0 Å². The number of aromatic amines is 1. The van der Waals surface area contributed by atoms with E-state index < -0.39 is 11.9 Å². The van der Waals surface area contributed by atoms with Gasteiger partial charge in [0.25, 0.3) is 0 Å². The Kier molecular flexibility index (Phi) is 5.70. The van der Waals surface area contributed by atoms with Crippen LogP contribution in [0.2, 0.25) is 0 Å². The molecule has 0 unspecified atom stereocenters. The largest absolute Gasteiger partial charge is 0.473 e. The average Bonchev–Trinajstić information content (AvgIpc) is 3.42. The molecule has 1 saturated carbocycles. The van der Waals surface area contributed by atoms with E-state index >= 15 is 0 Å². The van der Waals surface area contributed by atoms with Crippen LogP contribution >= 0.6 is 0 Å². The summed E-state index contributed by atoms with van der Waals surface area (Å²) in [7, 11) is 0. The molecule has 0 radical (unpaired) electrons. The number of carbonyl (C=O) groups is 3. The average molecular weight is 374 g/mol. The second kappa shape index (κ2) is 8.17. The standard InChI is InChI=1S/C16H20N4O.C2H2O4/c21-16(12-5-6-12)20-9-7-19(8-10-20)11-15-17-13-3-1-2-4-14(13)18-15;3-1(4)2(5)6/h1-4,12H,5-11H2,(H,17,18);(H,3,4)(H,5,6). The van der Waals surface area contributed by atoms with E-state index in [2.05, 4.69) is 20.9 Å². The second-order valence-corrected chi connectivity index (χ2v) is 6.69. The fourth-order valence-electron chi connectivity index (χ4n) is 3.01. The van der Waals surface area contributed by atoms with Crippen molar-refractivity contribution >= 4 is 28.9 Å². The summed E-state index contributed by atoms with van der Waals surface area (Å²) in [4.78, 5) is 42.6. The number of hydrogen-bond acceptors (Lipinski definition) is 5. The Bertz CT molecular complexity index is 792. The van der Waals surface area contributed by atoms with Crippen molar-refractivity contribution in [1.29, 1.82) is 0 Å². The number of benzene rings is 1. The van der Waals surface area contributed by atoms with E-state index in [4.69, 9.17) is 19.8 Å². The van der Waals surface area contributed by atoms with E-state index in [1.807, 2.05) is 23.1 Å². The van der Waals surface area contributed by atoms with Crippen LogP contribution in [-0.2, 0) is 20.9 Å². The third kappa shape index (κ3) is 5.04. The molecule has 0 bridgehead atoms. The quantitative estimate of drug-likeness (QED) is 0.677. The number of aromatic nitrogens is 2. The molecule has 2 aromatic rings. The zero-order chi connectivity index (χ0) is 19.4. The van der Waals surface area contributed by atoms with Crippen LogP contribution in [0.4, 0.5) is 0 Å². The number of aliphatic carboxylic acids is 2. The molecule has 1 aromatic carbocycles. The topological polar surface area (TPSA) is 127 Å². The predicted octanol–water partition coefficient (Wildman–Crippen LogP) is 0.773. The van der Waals surface area contributed by atoms with Gasteiger partial charge in [0.1, 0.15) is 5.82 Å². The lowest BCUT2D eigenvalue weighted by Crippen LogP contribution is -2.48. The van der Waals surface area contributed by atoms with Crippen molar-refractivity contribution in [3.8, 4) is 0 Å². The molecule has 0 spiro atoms. The number of carboxylic acids is 2. The van der Waals surface area contributed by atoms with Gasteiger partial charge < -0.3 is 20.1 Å². The minimum Gasteiger partial charge on any atom is -0.473 e. The number of hydrogen-bond donors (Lipinski definition) is 3. The van der Waals surface area contributed by atoms with Gasteiger partial charge in [-0.3, -0.25) is 9.69 Å². The number of para-hydroxylation sites is 2. The highest BCUT2D eigenvalue weighted by Gasteiger charge is 2.34. The third-order valence-corrected chi connectivity index (χ3v) is 4.61.